The number of thiocarbonyl (C=S) groups is 1. The Labute approximate surface area is 58.5 Å². The second-order valence-electron chi connectivity index (χ2n) is 1.85. The van der Waals surface area contributed by atoms with Gasteiger partial charge >= 0.3 is 5.97 Å². The number of rotatable bonds is 0. The molecule has 3 heteroatoms. The smallest absolute Gasteiger partial charge is 0.311 e. The third kappa shape index (κ3) is 1.63. The van der Waals surface area contributed by atoms with Gasteiger partial charge in [0, 0.05) is 12.8 Å². The number of carbonyl (C=O) groups excluding carboxylic acids is 1. The van der Waals surface area contributed by atoms with Gasteiger partial charge in [0.15, 0.2) is 5.76 Å². The van der Waals surface area contributed by atoms with Gasteiger partial charge in [-0.15, -0.1) is 0 Å². The number of cyclic esters (lactones) is 1. The van der Waals surface area contributed by atoms with Crippen LogP contribution in [-0.4, -0.2) is 11.0 Å². The summed E-state index contributed by atoms with van der Waals surface area (Å²) in [6.45, 7) is 0. The molecular formula is C6H6O2S. The quantitative estimate of drug-likeness (QED) is 0.375. The summed E-state index contributed by atoms with van der Waals surface area (Å²) in [4.78, 5) is 10.5. The summed E-state index contributed by atoms with van der Waals surface area (Å²) in [5, 5.41) is 2.39. The zero-order chi connectivity index (χ0) is 6.69. The van der Waals surface area contributed by atoms with Crippen LogP contribution in [0.25, 0.3) is 0 Å². The number of hydrogen-bond donors (Lipinski definition) is 0. The Hall–Kier alpha value is -0.660. The Morgan fingerprint density at radius 1 is 1.56 bits per heavy atom. The van der Waals surface area contributed by atoms with Crippen molar-refractivity contribution in [3.05, 3.63) is 5.76 Å². The molecule has 1 rings (SSSR count). The normalized spacial score (nSPS) is 18.7. The van der Waals surface area contributed by atoms with E-state index in [2.05, 4.69) is 17.2 Å². The summed E-state index contributed by atoms with van der Waals surface area (Å²) in [6.07, 6.45) is 2.12. The summed E-state index contributed by atoms with van der Waals surface area (Å²) in [6, 6.07) is 0. The number of esters is 1. The molecule has 0 amide bonds. The van der Waals surface area contributed by atoms with E-state index in [-0.39, 0.29) is 5.97 Å². The van der Waals surface area contributed by atoms with Crippen LogP contribution in [0.3, 0.4) is 0 Å². The Morgan fingerprint density at radius 2 is 2.33 bits per heavy atom. The number of carbonyl (C=O) groups is 1. The first kappa shape index (κ1) is 6.46. The molecule has 0 aliphatic carbocycles. The molecule has 0 aromatic rings. The molecule has 0 bridgehead atoms. The monoisotopic (exact) mass is 142 g/mol. The van der Waals surface area contributed by atoms with Crippen molar-refractivity contribution in [1.29, 1.82) is 0 Å². The molecule has 1 fully saturated rings. The van der Waals surface area contributed by atoms with Gasteiger partial charge in [-0.1, -0.05) is 0 Å². The van der Waals surface area contributed by atoms with Crippen molar-refractivity contribution in [2.24, 2.45) is 0 Å². The molecule has 0 spiro atoms. The highest BCUT2D eigenvalue weighted by molar-refractivity contribution is 7.78. The molecule has 0 aromatic carbocycles. The summed E-state index contributed by atoms with van der Waals surface area (Å²) in [5.41, 5.74) is 0. The van der Waals surface area contributed by atoms with E-state index < -0.39 is 0 Å². The van der Waals surface area contributed by atoms with Gasteiger partial charge in [0.1, 0.15) is 0 Å². The highest BCUT2D eigenvalue weighted by atomic mass is 32.1. The summed E-state index contributed by atoms with van der Waals surface area (Å²) < 4.78 is 4.70. The summed E-state index contributed by atoms with van der Waals surface area (Å²) >= 11 is 4.46. The molecule has 1 heterocycles. The number of ether oxygens (including phenoxy) is 1. The SMILES string of the molecule is O=C1CCCC(=C=S)O1. The van der Waals surface area contributed by atoms with Gasteiger partial charge in [-0.3, -0.25) is 4.79 Å². The molecule has 9 heavy (non-hydrogen) atoms. The minimum Gasteiger partial charge on any atom is -0.422 e. The van der Waals surface area contributed by atoms with E-state index in [0.717, 1.165) is 12.8 Å². The van der Waals surface area contributed by atoms with E-state index in [4.69, 9.17) is 4.74 Å². The topological polar surface area (TPSA) is 26.3 Å². The van der Waals surface area contributed by atoms with Crippen molar-refractivity contribution in [3.8, 4) is 0 Å². The van der Waals surface area contributed by atoms with Gasteiger partial charge in [0.2, 0.25) is 0 Å². The number of allylic oxidation sites excluding steroid dienone is 1. The molecule has 1 aliphatic rings. The Kier molecular flexibility index (Phi) is 1.98. The molecule has 0 saturated carbocycles. The second-order valence-corrected chi connectivity index (χ2v) is 2.06. The van der Waals surface area contributed by atoms with Crippen molar-refractivity contribution in [2.45, 2.75) is 19.3 Å². The average molecular weight is 142 g/mol. The fourth-order valence-electron chi connectivity index (χ4n) is 0.705. The largest absolute Gasteiger partial charge is 0.422 e. The zero-order valence-electron chi connectivity index (χ0n) is 4.85. The van der Waals surface area contributed by atoms with Crippen LogP contribution >= 0.6 is 12.2 Å². The maximum absolute atomic E-state index is 10.5. The van der Waals surface area contributed by atoms with Crippen LogP contribution < -0.4 is 0 Å². The molecule has 0 unspecified atom stereocenters. The van der Waals surface area contributed by atoms with E-state index >= 15 is 0 Å². The first-order chi connectivity index (χ1) is 4.33. The van der Waals surface area contributed by atoms with Crippen LogP contribution in [-0.2, 0) is 9.53 Å². The standard InChI is InChI=1S/C6H6O2S/c7-6-3-1-2-5(4-9)8-6/h1-3H2. The van der Waals surface area contributed by atoms with E-state index in [1.54, 1.807) is 0 Å². The fraction of sp³-hybridized carbons (Fsp3) is 0.500. The molecule has 0 atom stereocenters. The van der Waals surface area contributed by atoms with Crippen LogP contribution in [0, 0.1) is 0 Å². The molecule has 0 radical (unpaired) electrons. The highest BCUT2D eigenvalue weighted by Gasteiger charge is 2.13. The predicted molar refractivity (Wildman–Crippen MR) is 36.1 cm³/mol. The van der Waals surface area contributed by atoms with Crippen LogP contribution in [0.4, 0.5) is 0 Å². The van der Waals surface area contributed by atoms with Gasteiger partial charge in [-0.05, 0) is 23.7 Å². The van der Waals surface area contributed by atoms with Crippen molar-refractivity contribution in [1.82, 2.24) is 0 Å². The van der Waals surface area contributed by atoms with E-state index in [1.807, 2.05) is 0 Å². The molecule has 0 N–H and O–H groups in total. The Bertz CT molecular complexity index is 179. The van der Waals surface area contributed by atoms with Gasteiger partial charge in [-0.25, -0.2) is 0 Å². The lowest BCUT2D eigenvalue weighted by Gasteiger charge is -2.10. The zero-order valence-corrected chi connectivity index (χ0v) is 5.66. The maximum Gasteiger partial charge on any atom is 0.311 e. The van der Waals surface area contributed by atoms with Crippen LogP contribution in [0.15, 0.2) is 5.76 Å². The van der Waals surface area contributed by atoms with Crippen LogP contribution in [0.1, 0.15) is 19.3 Å². The predicted octanol–water partition coefficient (Wildman–Crippen LogP) is 1.20. The van der Waals surface area contributed by atoms with Gasteiger partial charge in [0.25, 0.3) is 0 Å². The van der Waals surface area contributed by atoms with Crippen molar-refractivity contribution in [3.63, 3.8) is 0 Å². The second kappa shape index (κ2) is 2.76. The molecule has 0 aromatic heterocycles. The molecular weight excluding hydrogens is 136 g/mol. The lowest BCUT2D eigenvalue weighted by Crippen LogP contribution is -2.10. The molecule has 48 valence electrons. The number of hydrogen-bond acceptors (Lipinski definition) is 3. The van der Waals surface area contributed by atoms with Gasteiger partial charge < -0.3 is 4.74 Å². The average Bonchev–Trinajstić information content (AvgIpc) is 1.88. The molecule has 1 aliphatic heterocycles. The first-order valence-corrected chi connectivity index (χ1v) is 3.18. The Morgan fingerprint density at radius 3 is 2.78 bits per heavy atom. The highest BCUT2D eigenvalue weighted by Crippen LogP contribution is 2.14. The minimum atomic E-state index is -0.186. The van der Waals surface area contributed by atoms with Crippen molar-refractivity contribution in [2.75, 3.05) is 0 Å². The van der Waals surface area contributed by atoms with Crippen LogP contribution in [0.5, 0.6) is 0 Å². The lowest BCUT2D eigenvalue weighted by molar-refractivity contribution is -0.141. The molecule has 1 saturated heterocycles. The van der Waals surface area contributed by atoms with Crippen molar-refractivity contribution >= 4 is 23.2 Å². The van der Waals surface area contributed by atoms with E-state index in [1.165, 1.54) is 0 Å². The van der Waals surface area contributed by atoms with E-state index in [0.29, 0.717) is 12.2 Å². The van der Waals surface area contributed by atoms with Gasteiger partial charge in [-0.2, -0.15) is 0 Å². The fourth-order valence-corrected chi connectivity index (χ4v) is 0.848. The summed E-state index contributed by atoms with van der Waals surface area (Å²) in [7, 11) is 0. The minimum absolute atomic E-state index is 0.186. The Balaban J connectivity index is 2.61. The van der Waals surface area contributed by atoms with E-state index in [9.17, 15) is 4.79 Å². The van der Waals surface area contributed by atoms with Crippen molar-refractivity contribution < 1.29 is 9.53 Å². The van der Waals surface area contributed by atoms with Crippen LogP contribution in [0.2, 0.25) is 0 Å². The third-order valence-electron chi connectivity index (χ3n) is 1.14. The lowest BCUT2D eigenvalue weighted by atomic mass is 10.2. The summed E-state index contributed by atoms with van der Waals surface area (Å²) in [5.74, 6) is 0.329. The van der Waals surface area contributed by atoms with Gasteiger partial charge in [0.05, 0.1) is 0 Å². The first-order valence-electron chi connectivity index (χ1n) is 2.77. The third-order valence-corrected chi connectivity index (χ3v) is 1.36. The molecule has 2 nitrogen and oxygen atoms in total. The maximum atomic E-state index is 10.5.